The van der Waals surface area contributed by atoms with Crippen LogP contribution in [-0.4, -0.2) is 12.6 Å². The molecule has 0 radical (unpaired) electrons. The largest absolute Gasteiger partial charge is 0.460 e. The molecule has 132 valence electrons. The van der Waals surface area contributed by atoms with Crippen molar-refractivity contribution in [1.82, 2.24) is 0 Å². The van der Waals surface area contributed by atoms with Crippen molar-refractivity contribution in [2.45, 2.75) is 6.92 Å². The third-order valence-corrected chi connectivity index (χ3v) is 3.37. The molecule has 0 atom stereocenters. The second-order valence-corrected chi connectivity index (χ2v) is 5.29. The highest BCUT2D eigenvalue weighted by Crippen LogP contribution is 2.17. The fraction of sp³-hybridized carbons (Fsp3) is 0.0870. The van der Waals surface area contributed by atoms with E-state index in [1.165, 1.54) is 11.1 Å². The summed E-state index contributed by atoms with van der Waals surface area (Å²) in [6.45, 7) is 5.52. The Hall–Kier alpha value is -3.33. The number of hydrogen-bond donors (Lipinski definition) is 0. The quantitative estimate of drug-likeness (QED) is 0.348. The Labute approximate surface area is 154 Å². The van der Waals surface area contributed by atoms with E-state index in [0.29, 0.717) is 12.4 Å². The van der Waals surface area contributed by atoms with Gasteiger partial charge < -0.3 is 9.47 Å². The van der Waals surface area contributed by atoms with Gasteiger partial charge in [0.25, 0.3) is 0 Å². The standard InChI is InChI=1S/C12H10.C11H12O3/c1-3-7-11(8-4-1)12-9-5-2-6-10-12;1-3-13-11(12)9(2)14-10-7-5-4-6-8-10/h1-10H;4-8H,2-3H2,1H3. The van der Waals surface area contributed by atoms with Gasteiger partial charge in [-0.05, 0) is 36.8 Å². The molecular formula is C23H22O3. The molecule has 3 aromatic carbocycles. The summed E-state index contributed by atoms with van der Waals surface area (Å²) in [6.07, 6.45) is 0. The van der Waals surface area contributed by atoms with E-state index in [0.717, 1.165) is 0 Å². The molecule has 0 bridgehead atoms. The summed E-state index contributed by atoms with van der Waals surface area (Å²) in [7, 11) is 0. The monoisotopic (exact) mass is 346 g/mol. The number of ether oxygens (including phenoxy) is 2. The van der Waals surface area contributed by atoms with E-state index in [2.05, 4.69) is 55.1 Å². The van der Waals surface area contributed by atoms with E-state index in [9.17, 15) is 4.79 Å². The average molecular weight is 346 g/mol. The Morgan fingerprint density at radius 1 is 0.769 bits per heavy atom. The van der Waals surface area contributed by atoms with Gasteiger partial charge in [0.05, 0.1) is 6.61 Å². The molecule has 0 saturated carbocycles. The lowest BCUT2D eigenvalue weighted by Gasteiger charge is -2.06. The summed E-state index contributed by atoms with van der Waals surface area (Å²) in [5.41, 5.74) is 2.55. The van der Waals surface area contributed by atoms with Gasteiger partial charge >= 0.3 is 5.97 Å². The van der Waals surface area contributed by atoms with Crippen LogP contribution in [0.25, 0.3) is 11.1 Å². The molecule has 3 nitrogen and oxygen atoms in total. The molecule has 0 saturated heterocycles. The Morgan fingerprint density at radius 2 is 1.19 bits per heavy atom. The van der Waals surface area contributed by atoms with Crippen LogP contribution in [0.5, 0.6) is 5.75 Å². The van der Waals surface area contributed by atoms with Crippen LogP contribution in [0.15, 0.2) is 103 Å². The maximum atomic E-state index is 11.1. The van der Waals surface area contributed by atoms with E-state index in [1.54, 1.807) is 19.1 Å². The van der Waals surface area contributed by atoms with E-state index < -0.39 is 5.97 Å². The molecule has 0 aliphatic carbocycles. The van der Waals surface area contributed by atoms with Gasteiger partial charge in [0.1, 0.15) is 5.75 Å². The third kappa shape index (κ3) is 6.29. The predicted octanol–water partition coefficient (Wildman–Crippen LogP) is 5.50. The first kappa shape index (κ1) is 19.0. The molecule has 0 heterocycles. The van der Waals surface area contributed by atoms with Gasteiger partial charge in [0.2, 0.25) is 5.76 Å². The van der Waals surface area contributed by atoms with Gasteiger partial charge in [-0.2, -0.15) is 0 Å². The molecule has 0 amide bonds. The van der Waals surface area contributed by atoms with Crippen LogP contribution in [0.3, 0.4) is 0 Å². The van der Waals surface area contributed by atoms with Gasteiger partial charge in [-0.3, -0.25) is 0 Å². The van der Waals surface area contributed by atoms with Gasteiger partial charge in [0, 0.05) is 0 Å². The van der Waals surface area contributed by atoms with E-state index >= 15 is 0 Å². The van der Waals surface area contributed by atoms with Gasteiger partial charge in [-0.25, -0.2) is 4.79 Å². The third-order valence-electron chi connectivity index (χ3n) is 3.37. The minimum atomic E-state index is -0.531. The summed E-state index contributed by atoms with van der Waals surface area (Å²) in [5.74, 6) is 0.0416. The number of rotatable bonds is 5. The zero-order chi connectivity index (χ0) is 18.6. The second kappa shape index (κ2) is 10.5. The SMILES string of the molecule is C=C(Oc1ccccc1)C(=O)OCC.c1ccc(-c2ccccc2)cc1. The predicted molar refractivity (Wildman–Crippen MR) is 105 cm³/mol. The highest BCUT2D eigenvalue weighted by atomic mass is 16.6. The first-order chi connectivity index (χ1) is 12.7. The molecule has 0 unspecified atom stereocenters. The van der Waals surface area contributed by atoms with Crippen LogP contribution in [0.4, 0.5) is 0 Å². The molecule has 0 aliphatic heterocycles. The van der Waals surface area contributed by atoms with Crippen molar-refractivity contribution in [2.24, 2.45) is 0 Å². The summed E-state index contributed by atoms with van der Waals surface area (Å²) in [5, 5.41) is 0. The summed E-state index contributed by atoms with van der Waals surface area (Å²) in [6, 6.07) is 29.7. The highest BCUT2D eigenvalue weighted by molar-refractivity contribution is 5.86. The molecule has 0 N–H and O–H groups in total. The normalized spacial score (nSPS) is 9.42. The van der Waals surface area contributed by atoms with E-state index in [4.69, 9.17) is 9.47 Å². The van der Waals surface area contributed by atoms with Crippen molar-refractivity contribution in [2.75, 3.05) is 6.61 Å². The van der Waals surface area contributed by atoms with Gasteiger partial charge in [-0.15, -0.1) is 0 Å². The average Bonchev–Trinajstić information content (AvgIpc) is 2.71. The summed E-state index contributed by atoms with van der Waals surface area (Å²) in [4.78, 5) is 11.1. The molecular weight excluding hydrogens is 324 g/mol. The number of carbonyl (C=O) groups is 1. The van der Waals surface area contributed by atoms with Crippen molar-refractivity contribution in [3.05, 3.63) is 103 Å². The first-order valence-corrected chi connectivity index (χ1v) is 8.40. The number of para-hydroxylation sites is 1. The summed E-state index contributed by atoms with van der Waals surface area (Å²) >= 11 is 0. The zero-order valence-corrected chi connectivity index (χ0v) is 14.8. The van der Waals surface area contributed by atoms with Crippen molar-refractivity contribution in [1.29, 1.82) is 0 Å². The fourth-order valence-corrected chi connectivity index (χ4v) is 2.15. The van der Waals surface area contributed by atoms with Crippen LogP contribution in [0, 0.1) is 0 Å². The van der Waals surface area contributed by atoms with Crippen LogP contribution in [-0.2, 0) is 9.53 Å². The number of carbonyl (C=O) groups excluding carboxylic acids is 1. The minimum absolute atomic E-state index is 0.00181. The van der Waals surface area contributed by atoms with Crippen molar-refractivity contribution in [3.8, 4) is 16.9 Å². The maximum absolute atomic E-state index is 11.1. The molecule has 0 spiro atoms. The van der Waals surface area contributed by atoms with Crippen LogP contribution < -0.4 is 4.74 Å². The van der Waals surface area contributed by atoms with Crippen molar-refractivity contribution >= 4 is 5.97 Å². The molecule has 3 heteroatoms. The Bertz CT molecular complexity index is 759. The maximum Gasteiger partial charge on any atom is 0.373 e. The van der Waals surface area contributed by atoms with Crippen LogP contribution in [0.1, 0.15) is 6.92 Å². The second-order valence-electron chi connectivity index (χ2n) is 5.29. The first-order valence-electron chi connectivity index (χ1n) is 8.40. The number of esters is 1. The Balaban J connectivity index is 0.000000189. The molecule has 26 heavy (non-hydrogen) atoms. The van der Waals surface area contributed by atoms with E-state index in [1.807, 2.05) is 30.3 Å². The van der Waals surface area contributed by atoms with Crippen molar-refractivity contribution in [3.63, 3.8) is 0 Å². The van der Waals surface area contributed by atoms with E-state index in [-0.39, 0.29) is 5.76 Å². The van der Waals surface area contributed by atoms with Crippen LogP contribution in [0.2, 0.25) is 0 Å². The molecule has 0 fully saturated rings. The van der Waals surface area contributed by atoms with Crippen LogP contribution >= 0.6 is 0 Å². The van der Waals surface area contributed by atoms with Crippen molar-refractivity contribution < 1.29 is 14.3 Å². The van der Waals surface area contributed by atoms with Gasteiger partial charge in [0.15, 0.2) is 0 Å². The lowest BCUT2D eigenvalue weighted by molar-refractivity contribution is -0.140. The smallest absolute Gasteiger partial charge is 0.373 e. The Morgan fingerprint density at radius 3 is 1.62 bits per heavy atom. The highest BCUT2D eigenvalue weighted by Gasteiger charge is 2.09. The number of benzene rings is 3. The fourth-order valence-electron chi connectivity index (χ4n) is 2.15. The minimum Gasteiger partial charge on any atom is -0.460 e. The lowest BCUT2D eigenvalue weighted by Crippen LogP contribution is -2.11. The lowest BCUT2D eigenvalue weighted by atomic mass is 10.1. The molecule has 3 aromatic rings. The molecule has 0 aromatic heterocycles. The zero-order valence-electron chi connectivity index (χ0n) is 14.8. The Kier molecular flexibility index (Phi) is 7.69. The summed E-state index contributed by atoms with van der Waals surface area (Å²) < 4.78 is 9.87. The molecule has 3 rings (SSSR count). The molecule has 0 aliphatic rings. The van der Waals surface area contributed by atoms with Gasteiger partial charge in [-0.1, -0.05) is 78.9 Å². The number of hydrogen-bond acceptors (Lipinski definition) is 3. The topological polar surface area (TPSA) is 35.5 Å².